The maximum Gasteiger partial charge on any atom is 0.508 e. The van der Waals surface area contributed by atoms with Gasteiger partial charge in [0.2, 0.25) is 0 Å². The second kappa shape index (κ2) is 30.9. The van der Waals surface area contributed by atoms with Crippen molar-refractivity contribution in [3.05, 3.63) is 24.3 Å². The van der Waals surface area contributed by atoms with Crippen LogP contribution in [0, 0.1) is 29.6 Å². The van der Waals surface area contributed by atoms with E-state index in [1.165, 1.54) is 64.2 Å². The molecule has 0 N–H and O–H groups in total. The van der Waals surface area contributed by atoms with Gasteiger partial charge in [-0.05, 0) is 114 Å². The molecule has 1 unspecified atom stereocenters. The molecular formula is C45H79NO7. The summed E-state index contributed by atoms with van der Waals surface area (Å²) in [4.78, 5) is 40.3. The summed E-state index contributed by atoms with van der Waals surface area (Å²) in [6.45, 7) is 11.9. The van der Waals surface area contributed by atoms with Crippen LogP contribution in [0.4, 0.5) is 4.79 Å². The zero-order valence-electron chi connectivity index (χ0n) is 34.5. The number of rotatable bonds is 29. The normalized spacial score (nSPS) is 21.2. The molecule has 0 aromatic carbocycles. The first-order chi connectivity index (χ1) is 25.9. The first-order valence-electron chi connectivity index (χ1n) is 22.0. The van der Waals surface area contributed by atoms with E-state index in [1.54, 1.807) is 0 Å². The average molecular weight is 746 g/mol. The van der Waals surface area contributed by atoms with Crippen LogP contribution in [-0.4, -0.2) is 69.1 Å². The molecule has 0 heterocycles. The smallest absolute Gasteiger partial charge is 0.465 e. The van der Waals surface area contributed by atoms with Gasteiger partial charge in [-0.25, -0.2) is 4.79 Å². The number of esters is 2. The van der Waals surface area contributed by atoms with Crippen LogP contribution in [0.25, 0.3) is 0 Å². The van der Waals surface area contributed by atoms with E-state index in [9.17, 15) is 14.4 Å². The van der Waals surface area contributed by atoms with E-state index in [0.717, 1.165) is 108 Å². The van der Waals surface area contributed by atoms with Crippen LogP contribution in [-0.2, 0) is 28.5 Å². The van der Waals surface area contributed by atoms with E-state index in [1.807, 2.05) is 0 Å². The summed E-state index contributed by atoms with van der Waals surface area (Å²) in [5, 5.41) is 0. The standard InChI is InChI=1S/C45H79NO7/c1-5-9-10-11-12-13-14-15-16-17-18-19-20-21-22-24-43(47)51-35-39(37-53-45(49)50-34-23-33-46(7-3)8-4)36-52-44(48)42-31-29-41(30-32-42)40-27-25-38(6-2)26-28-40/h12-13,15-16,38-42H,5-11,14,17-37H2,1-4H3/b13-12-,16-15-. The molecular weight excluding hydrogens is 666 g/mol. The van der Waals surface area contributed by atoms with Gasteiger partial charge in [-0.2, -0.15) is 0 Å². The molecule has 53 heavy (non-hydrogen) atoms. The molecule has 0 bridgehead atoms. The zero-order valence-corrected chi connectivity index (χ0v) is 34.5. The highest BCUT2D eigenvalue weighted by Crippen LogP contribution is 2.42. The van der Waals surface area contributed by atoms with E-state index >= 15 is 0 Å². The van der Waals surface area contributed by atoms with Gasteiger partial charge in [-0.3, -0.25) is 9.59 Å². The predicted molar refractivity (Wildman–Crippen MR) is 216 cm³/mol. The first-order valence-corrected chi connectivity index (χ1v) is 22.0. The molecule has 0 aromatic heterocycles. The molecule has 0 radical (unpaired) electrons. The van der Waals surface area contributed by atoms with Crippen LogP contribution in [0.1, 0.15) is 169 Å². The van der Waals surface area contributed by atoms with Gasteiger partial charge in [0, 0.05) is 13.0 Å². The van der Waals surface area contributed by atoms with Gasteiger partial charge < -0.3 is 23.8 Å². The van der Waals surface area contributed by atoms with Gasteiger partial charge >= 0.3 is 18.1 Å². The molecule has 0 aromatic rings. The number of carbonyl (C=O) groups excluding carboxylic acids is 3. The van der Waals surface area contributed by atoms with Crippen LogP contribution < -0.4 is 0 Å². The molecule has 2 aliphatic rings. The van der Waals surface area contributed by atoms with Gasteiger partial charge in [0.15, 0.2) is 0 Å². The number of nitrogens with zero attached hydrogens (tertiary/aromatic N) is 1. The Bertz CT molecular complexity index is 993. The Labute approximate surface area is 324 Å². The minimum absolute atomic E-state index is 0.0354. The van der Waals surface area contributed by atoms with Crippen molar-refractivity contribution in [1.82, 2.24) is 4.90 Å². The molecule has 2 fully saturated rings. The van der Waals surface area contributed by atoms with Crippen molar-refractivity contribution in [2.24, 2.45) is 29.6 Å². The molecule has 306 valence electrons. The molecule has 0 amide bonds. The van der Waals surface area contributed by atoms with Crippen LogP contribution >= 0.6 is 0 Å². The SMILES string of the molecule is CCCCC/C=C\C/C=C\CCCCCCCC(=O)OCC(COC(=O)OCCCN(CC)CC)COC(=O)C1CCC(C2CCC(CC)CC2)CC1. The summed E-state index contributed by atoms with van der Waals surface area (Å²) in [6, 6.07) is 0. The van der Waals surface area contributed by atoms with Crippen molar-refractivity contribution in [1.29, 1.82) is 0 Å². The molecule has 1 atom stereocenters. The number of allylic oxidation sites excluding steroid dienone is 4. The molecule has 8 heteroatoms. The Balaban J connectivity index is 1.68. The lowest BCUT2D eigenvalue weighted by atomic mass is 9.69. The van der Waals surface area contributed by atoms with Crippen molar-refractivity contribution in [2.45, 2.75) is 169 Å². The number of unbranched alkanes of at least 4 members (excludes halogenated alkanes) is 8. The minimum atomic E-state index is -0.747. The summed E-state index contributed by atoms with van der Waals surface area (Å²) in [5.41, 5.74) is 0. The molecule has 2 saturated carbocycles. The lowest BCUT2D eigenvalue weighted by Gasteiger charge is -2.37. The summed E-state index contributed by atoms with van der Waals surface area (Å²) in [7, 11) is 0. The third-order valence-corrected chi connectivity index (χ3v) is 11.7. The lowest BCUT2D eigenvalue weighted by molar-refractivity contribution is -0.154. The van der Waals surface area contributed by atoms with Crippen LogP contribution in [0.2, 0.25) is 0 Å². The van der Waals surface area contributed by atoms with Crippen molar-refractivity contribution in [2.75, 3.05) is 46.1 Å². The van der Waals surface area contributed by atoms with Crippen molar-refractivity contribution in [3.8, 4) is 0 Å². The maximum atomic E-state index is 13.1. The second-order valence-corrected chi connectivity index (χ2v) is 15.8. The van der Waals surface area contributed by atoms with E-state index in [0.29, 0.717) is 6.42 Å². The van der Waals surface area contributed by atoms with Crippen LogP contribution in [0.5, 0.6) is 0 Å². The Morgan fingerprint density at radius 3 is 1.85 bits per heavy atom. The number of carbonyl (C=O) groups is 3. The molecule has 0 spiro atoms. The van der Waals surface area contributed by atoms with Crippen molar-refractivity contribution >= 4 is 18.1 Å². The second-order valence-electron chi connectivity index (χ2n) is 15.8. The van der Waals surface area contributed by atoms with E-state index < -0.39 is 12.1 Å². The fourth-order valence-electron chi connectivity index (χ4n) is 7.93. The number of hydrogen-bond acceptors (Lipinski definition) is 8. The van der Waals surface area contributed by atoms with Crippen molar-refractivity contribution < 1.29 is 33.3 Å². The van der Waals surface area contributed by atoms with Gasteiger partial charge in [0.1, 0.15) is 19.8 Å². The van der Waals surface area contributed by atoms with Gasteiger partial charge in [0.05, 0.1) is 18.4 Å². The first kappa shape index (κ1) is 46.8. The average Bonchev–Trinajstić information content (AvgIpc) is 3.19. The predicted octanol–water partition coefficient (Wildman–Crippen LogP) is 11.4. The monoisotopic (exact) mass is 746 g/mol. The lowest BCUT2D eigenvalue weighted by Crippen LogP contribution is -2.31. The van der Waals surface area contributed by atoms with Gasteiger partial charge in [-0.15, -0.1) is 0 Å². The largest absolute Gasteiger partial charge is 0.508 e. The molecule has 0 saturated heterocycles. The highest BCUT2D eigenvalue weighted by Gasteiger charge is 2.33. The fraction of sp³-hybridized carbons (Fsp3) is 0.844. The van der Waals surface area contributed by atoms with E-state index in [2.05, 4.69) is 56.9 Å². The summed E-state index contributed by atoms with van der Waals surface area (Å²) < 4.78 is 22.1. The molecule has 2 rings (SSSR count). The highest BCUT2D eigenvalue weighted by molar-refractivity contribution is 5.72. The molecule has 2 aliphatic carbocycles. The van der Waals surface area contributed by atoms with Gasteiger partial charge in [-0.1, -0.05) is 103 Å². The number of ether oxygens (including phenoxy) is 4. The van der Waals surface area contributed by atoms with Crippen molar-refractivity contribution in [3.63, 3.8) is 0 Å². The minimum Gasteiger partial charge on any atom is -0.465 e. The molecule has 8 nitrogen and oxygen atoms in total. The Kier molecular flexibility index (Phi) is 27.3. The van der Waals surface area contributed by atoms with Gasteiger partial charge in [0.25, 0.3) is 0 Å². The Morgan fingerprint density at radius 2 is 1.21 bits per heavy atom. The van der Waals surface area contributed by atoms with Crippen LogP contribution in [0.3, 0.4) is 0 Å². The Morgan fingerprint density at radius 1 is 0.623 bits per heavy atom. The third kappa shape index (κ3) is 22.6. The highest BCUT2D eigenvalue weighted by atomic mass is 16.7. The van der Waals surface area contributed by atoms with E-state index in [4.69, 9.17) is 18.9 Å². The summed E-state index contributed by atoms with van der Waals surface area (Å²) in [5.74, 6) is 1.47. The Hall–Kier alpha value is -2.35. The fourth-order valence-corrected chi connectivity index (χ4v) is 7.93. The number of hydrogen-bond donors (Lipinski definition) is 0. The van der Waals surface area contributed by atoms with E-state index in [-0.39, 0.29) is 44.3 Å². The maximum absolute atomic E-state index is 13.1. The quantitative estimate of drug-likeness (QED) is 0.0323. The zero-order chi connectivity index (χ0) is 38.4. The molecule has 0 aliphatic heterocycles. The topological polar surface area (TPSA) is 91.4 Å². The summed E-state index contributed by atoms with van der Waals surface area (Å²) >= 11 is 0. The summed E-state index contributed by atoms with van der Waals surface area (Å²) in [6.07, 6.45) is 32.5. The third-order valence-electron chi connectivity index (χ3n) is 11.7. The van der Waals surface area contributed by atoms with Crippen LogP contribution in [0.15, 0.2) is 24.3 Å².